The van der Waals surface area contributed by atoms with Crippen LogP contribution in [0.1, 0.15) is 23.8 Å². The maximum absolute atomic E-state index is 6.29. The fraction of sp³-hybridized carbons (Fsp3) is 0.333. The average molecular weight is 428 g/mol. The summed E-state index contributed by atoms with van der Waals surface area (Å²) in [5.41, 5.74) is 1.08. The zero-order valence-electron chi connectivity index (χ0n) is 11.8. The van der Waals surface area contributed by atoms with E-state index in [4.69, 9.17) is 32.4 Å². The van der Waals surface area contributed by atoms with Gasteiger partial charge in [-0.25, -0.2) is 0 Å². The first-order chi connectivity index (χ1) is 10.0. The minimum atomic E-state index is -0.0911. The van der Waals surface area contributed by atoms with Crippen molar-refractivity contribution in [3.8, 4) is 5.75 Å². The number of benzene rings is 1. The first kappa shape index (κ1) is 18.0. The van der Waals surface area contributed by atoms with Crippen molar-refractivity contribution >= 4 is 51.5 Å². The third kappa shape index (κ3) is 3.74. The van der Waals surface area contributed by atoms with Gasteiger partial charge in [-0.05, 0) is 35.1 Å². The van der Waals surface area contributed by atoms with Crippen LogP contribution in [0.2, 0.25) is 10.0 Å². The molecule has 7 heteroatoms. The van der Waals surface area contributed by atoms with Gasteiger partial charge in [-0.3, -0.25) is 4.90 Å². The van der Waals surface area contributed by atoms with Crippen molar-refractivity contribution in [3.63, 3.8) is 0 Å². The quantitative estimate of drug-likeness (QED) is 0.573. The molecule has 0 aliphatic carbocycles. The molecule has 3 nitrogen and oxygen atoms in total. The highest BCUT2D eigenvalue weighted by atomic mass is 79.9. The van der Waals surface area contributed by atoms with E-state index in [0.717, 1.165) is 35.3 Å². The first-order valence-electron chi connectivity index (χ1n) is 6.60. The predicted octanol–water partition coefficient (Wildman–Crippen LogP) is 5.73. The van der Waals surface area contributed by atoms with Crippen molar-refractivity contribution in [3.05, 3.63) is 50.3 Å². The average Bonchev–Trinajstić information content (AvgIpc) is 2.82. The van der Waals surface area contributed by atoms with Crippen molar-refractivity contribution in [2.45, 2.75) is 19.1 Å². The van der Waals surface area contributed by atoms with Crippen LogP contribution in [0.25, 0.3) is 0 Å². The molecule has 0 spiro atoms. The molecule has 120 valence electrons. The van der Waals surface area contributed by atoms with E-state index in [1.807, 2.05) is 6.07 Å². The molecule has 2 heterocycles. The first-order valence-corrected chi connectivity index (χ1v) is 8.15. The van der Waals surface area contributed by atoms with E-state index >= 15 is 0 Å². The zero-order valence-corrected chi connectivity index (χ0v) is 15.7. The Morgan fingerprint density at radius 3 is 2.91 bits per heavy atom. The minimum Gasteiger partial charge on any atom is -0.484 e. The number of hydrogen-bond donors (Lipinski definition) is 0. The lowest BCUT2D eigenvalue weighted by Crippen LogP contribution is -2.18. The van der Waals surface area contributed by atoms with E-state index in [1.165, 1.54) is 0 Å². The van der Waals surface area contributed by atoms with E-state index in [9.17, 15) is 0 Å². The maximum atomic E-state index is 6.29. The largest absolute Gasteiger partial charge is 0.484 e. The standard InChI is InChI=1S/C15H14BrCl2NO2.ClH/c1-19-4-2-12(10-3-5-20-14(10)8-19)21-13-7-9(17)6-11(16)15(13)18;/h3,5-7,12H,2,4,8H2,1H3;1H. The monoisotopic (exact) mass is 425 g/mol. The van der Waals surface area contributed by atoms with Crippen molar-refractivity contribution < 1.29 is 9.15 Å². The molecule has 2 aromatic rings. The number of nitrogens with zero attached hydrogens (tertiary/aromatic N) is 1. The molecular formula is C15H15BrCl3NO2. The number of hydrogen-bond acceptors (Lipinski definition) is 3. The summed E-state index contributed by atoms with van der Waals surface area (Å²) in [6.07, 6.45) is 2.48. The number of fused-ring (bicyclic) bond motifs is 1. The fourth-order valence-corrected chi connectivity index (χ4v) is 3.41. The molecule has 0 radical (unpaired) electrons. The van der Waals surface area contributed by atoms with Gasteiger partial charge >= 0.3 is 0 Å². The van der Waals surface area contributed by atoms with Crippen LogP contribution in [0.5, 0.6) is 5.75 Å². The minimum absolute atomic E-state index is 0. The Morgan fingerprint density at radius 2 is 2.14 bits per heavy atom. The van der Waals surface area contributed by atoms with Crippen molar-refractivity contribution in [1.82, 2.24) is 4.90 Å². The van der Waals surface area contributed by atoms with E-state index in [0.29, 0.717) is 15.8 Å². The van der Waals surface area contributed by atoms with Gasteiger partial charge in [0.25, 0.3) is 0 Å². The summed E-state index contributed by atoms with van der Waals surface area (Å²) in [5, 5.41) is 1.11. The predicted molar refractivity (Wildman–Crippen MR) is 94.4 cm³/mol. The lowest BCUT2D eigenvalue weighted by Gasteiger charge is -2.19. The summed E-state index contributed by atoms with van der Waals surface area (Å²) in [4.78, 5) is 2.21. The molecule has 1 unspecified atom stereocenters. The van der Waals surface area contributed by atoms with E-state index in [2.05, 4.69) is 27.9 Å². The van der Waals surface area contributed by atoms with Crippen LogP contribution in [0.4, 0.5) is 0 Å². The highest BCUT2D eigenvalue weighted by Gasteiger charge is 2.25. The molecule has 0 bridgehead atoms. The highest BCUT2D eigenvalue weighted by Crippen LogP contribution is 2.39. The number of furan rings is 1. The number of ether oxygens (including phenoxy) is 1. The smallest absolute Gasteiger partial charge is 0.141 e. The molecular weight excluding hydrogens is 412 g/mol. The SMILES string of the molecule is CN1CCC(Oc2cc(Cl)cc(Br)c2Cl)c2ccoc2C1.Cl. The normalized spacial score (nSPS) is 18.3. The van der Waals surface area contributed by atoms with Crippen LogP contribution in [0.15, 0.2) is 33.4 Å². The molecule has 3 rings (SSSR count). The van der Waals surface area contributed by atoms with Crippen LogP contribution >= 0.6 is 51.5 Å². The van der Waals surface area contributed by atoms with E-state index < -0.39 is 0 Å². The summed E-state index contributed by atoms with van der Waals surface area (Å²) in [5.74, 6) is 1.52. The molecule has 22 heavy (non-hydrogen) atoms. The van der Waals surface area contributed by atoms with Crippen LogP contribution in [0.3, 0.4) is 0 Å². The van der Waals surface area contributed by atoms with Crippen LogP contribution in [0, 0.1) is 0 Å². The van der Waals surface area contributed by atoms with Gasteiger partial charge in [0.2, 0.25) is 0 Å². The third-order valence-electron chi connectivity index (χ3n) is 3.54. The summed E-state index contributed by atoms with van der Waals surface area (Å²) in [6, 6.07) is 5.45. The van der Waals surface area contributed by atoms with Crippen LogP contribution < -0.4 is 4.74 Å². The Bertz CT molecular complexity index is 662. The summed E-state index contributed by atoms with van der Waals surface area (Å²) < 4.78 is 12.4. The van der Waals surface area contributed by atoms with Gasteiger partial charge in [-0.2, -0.15) is 0 Å². The van der Waals surface area contributed by atoms with Crippen molar-refractivity contribution in [2.24, 2.45) is 0 Å². The molecule has 0 saturated carbocycles. The molecule has 1 aromatic heterocycles. The Kier molecular flexibility index (Phi) is 6.08. The maximum Gasteiger partial charge on any atom is 0.141 e. The second-order valence-corrected chi connectivity index (χ2v) is 6.80. The van der Waals surface area contributed by atoms with Crippen LogP contribution in [-0.4, -0.2) is 18.5 Å². The van der Waals surface area contributed by atoms with Crippen LogP contribution in [-0.2, 0) is 6.54 Å². The molecule has 0 amide bonds. The molecule has 1 aliphatic heterocycles. The molecule has 0 N–H and O–H groups in total. The van der Waals surface area contributed by atoms with Gasteiger partial charge in [-0.15, -0.1) is 12.4 Å². The van der Waals surface area contributed by atoms with E-state index in [1.54, 1.807) is 18.4 Å². The fourth-order valence-electron chi connectivity index (χ4n) is 2.48. The molecule has 1 aromatic carbocycles. The van der Waals surface area contributed by atoms with Gasteiger partial charge < -0.3 is 9.15 Å². The number of rotatable bonds is 2. The van der Waals surface area contributed by atoms with Gasteiger partial charge in [0.1, 0.15) is 17.6 Å². The second kappa shape index (κ2) is 7.45. The van der Waals surface area contributed by atoms with Crippen molar-refractivity contribution in [2.75, 3.05) is 13.6 Å². The van der Waals surface area contributed by atoms with Gasteiger partial charge in [0.05, 0.1) is 17.8 Å². The Balaban J connectivity index is 0.00000176. The molecule has 1 atom stereocenters. The topological polar surface area (TPSA) is 25.6 Å². The van der Waals surface area contributed by atoms with Crippen molar-refractivity contribution in [1.29, 1.82) is 0 Å². The molecule has 1 aliphatic rings. The Hall–Kier alpha value is -0.390. The summed E-state index contributed by atoms with van der Waals surface area (Å²) in [7, 11) is 2.07. The highest BCUT2D eigenvalue weighted by molar-refractivity contribution is 9.10. The van der Waals surface area contributed by atoms with Gasteiger partial charge in [-0.1, -0.05) is 23.2 Å². The summed E-state index contributed by atoms with van der Waals surface area (Å²) in [6.45, 7) is 1.71. The lowest BCUT2D eigenvalue weighted by molar-refractivity contribution is 0.182. The number of halogens is 4. The van der Waals surface area contributed by atoms with E-state index in [-0.39, 0.29) is 18.5 Å². The zero-order chi connectivity index (χ0) is 15.0. The van der Waals surface area contributed by atoms with Gasteiger partial charge in [0, 0.05) is 34.1 Å². The van der Waals surface area contributed by atoms with Gasteiger partial charge in [0.15, 0.2) is 0 Å². The molecule has 0 fully saturated rings. The second-order valence-electron chi connectivity index (χ2n) is 5.13. The summed E-state index contributed by atoms with van der Waals surface area (Å²) >= 11 is 15.8. The molecule has 0 saturated heterocycles. The third-order valence-corrected chi connectivity index (χ3v) is 5.00. The lowest BCUT2D eigenvalue weighted by atomic mass is 10.1. The Morgan fingerprint density at radius 1 is 1.36 bits per heavy atom. The Labute approximate surface area is 154 Å².